The first-order chi connectivity index (χ1) is 18.7. The smallest absolute Gasteiger partial charge is 0.331 e. The molecule has 0 saturated heterocycles. The van der Waals surface area contributed by atoms with E-state index < -0.39 is 16.9 Å². The van der Waals surface area contributed by atoms with Gasteiger partial charge in [0.25, 0.3) is 5.69 Å². The van der Waals surface area contributed by atoms with Gasteiger partial charge in [0, 0.05) is 29.3 Å². The molecule has 0 radical (unpaired) electrons. The maximum atomic E-state index is 11.8. The second kappa shape index (κ2) is 11.8. The number of carboxylic acids is 1. The van der Waals surface area contributed by atoms with Crippen LogP contribution in [0.25, 0.3) is 46.1 Å². The van der Waals surface area contributed by atoms with Crippen LogP contribution >= 0.6 is 0 Å². The van der Waals surface area contributed by atoms with Gasteiger partial charge in [-0.25, -0.2) is 14.6 Å². The number of benzene rings is 3. The van der Waals surface area contributed by atoms with Crippen LogP contribution in [0.4, 0.5) is 5.69 Å². The van der Waals surface area contributed by atoms with Gasteiger partial charge in [0.2, 0.25) is 0 Å². The number of aliphatic carboxylic acids is 1. The van der Waals surface area contributed by atoms with E-state index in [0.29, 0.717) is 28.3 Å². The number of para-hydroxylation sites is 1. The van der Waals surface area contributed by atoms with Gasteiger partial charge in [0.05, 0.1) is 28.0 Å². The number of esters is 1. The Morgan fingerprint density at radius 3 is 2.10 bits per heavy atom. The Kier molecular flexibility index (Phi) is 8.11. The molecule has 9 heteroatoms. The lowest BCUT2D eigenvalue weighted by Crippen LogP contribution is -2.08. The van der Waals surface area contributed by atoms with Crippen molar-refractivity contribution in [1.29, 1.82) is 0 Å². The Balaban J connectivity index is 1.75. The lowest BCUT2D eigenvalue weighted by Gasteiger charge is -2.05. The fraction of sp³-hybridized carbons (Fsp3) is 0.100. The number of aromatic amines is 1. The van der Waals surface area contributed by atoms with E-state index in [-0.39, 0.29) is 11.8 Å². The van der Waals surface area contributed by atoms with E-state index in [1.807, 2.05) is 36.4 Å². The minimum atomic E-state index is -1.04. The summed E-state index contributed by atoms with van der Waals surface area (Å²) in [6.45, 7) is 3.56. The molecule has 0 aliphatic heterocycles. The monoisotopic (exact) mass is 523 g/mol. The maximum absolute atomic E-state index is 11.8. The number of nitrogens with zero attached hydrogens (tertiary/aromatic N) is 2. The molecule has 4 aromatic rings. The van der Waals surface area contributed by atoms with Gasteiger partial charge in [-0.3, -0.25) is 10.1 Å². The number of hydrogen-bond acceptors (Lipinski definition) is 6. The van der Waals surface area contributed by atoms with Gasteiger partial charge in [-0.05, 0) is 43.2 Å². The summed E-state index contributed by atoms with van der Waals surface area (Å²) in [7, 11) is 0. The molecule has 0 aliphatic rings. The minimum absolute atomic E-state index is 0.0766. The van der Waals surface area contributed by atoms with Crippen molar-refractivity contribution in [2.45, 2.75) is 20.0 Å². The van der Waals surface area contributed by atoms with Crippen LogP contribution in [0.15, 0.2) is 84.9 Å². The quantitative estimate of drug-likeness (QED) is 0.112. The number of carbonyl (C=O) groups is 2. The number of nitro groups is 1. The van der Waals surface area contributed by atoms with Gasteiger partial charge in [-0.1, -0.05) is 60.7 Å². The molecule has 0 spiro atoms. The van der Waals surface area contributed by atoms with Crippen LogP contribution in [-0.2, 0) is 14.3 Å². The van der Waals surface area contributed by atoms with Crippen molar-refractivity contribution in [2.24, 2.45) is 0 Å². The van der Waals surface area contributed by atoms with Crippen molar-refractivity contribution in [3.8, 4) is 33.9 Å². The molecular weight excluding hydrogens is 498 g/mol. The normalized spacial score (nSPS) is 11.4. The molecule has 1 aromatic heterocycles. The zero-order valence-electron chi connectivity index (χ0n) is 21.2. The zero-order valence-corrected chi connectivity index (χ0v) is 21.2. The molecule has 3 aromatic carbocycles. The third kappa shape index (κ3) is 6.72. The number of imidazole rings is 1. The highest BCUT2D eigenvalue weighted by Gasteiger charge is 2.21. The number of hydrogen-bond donors (Lipinski definition) is 2. The van der Waals surface area contributed by atoms with Crippen molar-refractivity contribution in [3.63, 3.8) is 0 Å². The van der Waals surface area contributed by atoms with Gasteiger partial charge in [0.15, 0.2) is 0 Å². The second-order valence-electron chi connectivity index (χ2n) is 8.82. The fourth-order valence-corrected chi connectivity index (χ4v) is 3.87. The molecule has 39 heavy (non-hydrogen) atoms. The summed E-state index contributed by atoms with van der Waals surface area (Å²) >= 11 is 0. The first-order valence-corrected chi connectivity index (χ1v) is 12.1. The van der Waals surface area contributed by atoms with Crippen molar-refractivity contribution in [3.05, 3.63) is 106 Å². The predicted octanol–water partition coefficient (Wildman–Crippen LogP) is 6.38. The summed E-state index contributed by atoms with van der Waals surface area (Å²) in [5, 5.41) is 20.5. The van der Waals surface area contributed by atoms with Crippen molar-refractivity contribution in [1.82, 2.24) is 9.97 Å². The Morgan fingerprint density at radius 2 is 1.51 bits per heavy atom. The standard InChI is InChI=1S/C30H25N3O6/c1-19(2)39-27(36)18-12-21-9-15-23(16-10-21)29-28(22-13-7-20(8-14-22)11-17-26(34)35)31-30(32-29)24-5-3-4-6-25(24)33(37)38/h3-19H,1-2H3,(H,31,32)(H,34,35). The number of aromatic nitrogens is 2. The van der Waals surface area contributed by atoms with Gasteiger partial charge < -0.3 is 14.8 Å². The molecule has 196 valence electrons. The summed E-state index contributed by atoms with van der Waals surface area (Å²) < 4.78 is 5.12. The first-order valence-electron chi connectivity index (χ1n) is 12.1. The molecule has 0 amide bonds. The lowest BCUT2D eigenvalue weighted by molar-refractivity contribution is -0.384. The highest BCUT2D eigenvalue weighted by Crippen LogP contribution is 2.36. The minimum Gasteiger partial charge on any atom is -0.478 e. The second-order valence-corrected chi connectivity index (χ2v) is 8.82. The summed E-state index contributed by atoms with van der Waals surface area (Å²) in [4.78, 5) is 41.9. The molecule has 0 saturated carbocycles. The number of nitrogens with one attached hydrogen (secondary N) is 1. The lowest BCUT2D eigenvalue weighted by atomic mass is 10.0. The topological polar surface area (TPSA) is 135 Å². The molecule has 0 aliphatic carbocycles. The predicted molar refractivity (Wildman–Crippen MR) is 148 cm³/mol. The molecular formula is C30H25N3O6. The van der Waals surface area contributed by atoms with Gasteiger partial charge >= 0.3 is 11.9 Å². The highest BCUT2D eigenvalue weighted by atomic mass is 16.6. The van der Waals surface area contributed by atoms with E-state index in [9.17, 15) is 19.7 Å². The molecule has 0 unspecified atom stereocenters. The SMILES string of the molecule is CC(C)OC(=O)C=Cc1ccc(-c2[nH]c(-c3ccccc3[N+](=O)[O-])nc2-c2ccc(C=CC(=O)O)cc2)cc1. The van der Waals surface area contributed by atoms with Gasteiger partial charge in [-0.15, -0.1) is 0 Å². The highest BCUT2D eigenvalue weighted by molar-refractivity contribution is 5.88. The van der Waals surface area contributed by atoms with E-state index in [1.54, 1.807) is 50.3 Å². The molecule has 1 heterocycles. The Labute approximate surface area is 224 Å². The van der Waals surface area contributed by atoms with Crippen molar-refractivity contribution >= 4 is 29.8 Å². The fourth-order valence-electron chi connectivity index (χ4n) is 3.87. The summed E-state index contributed by atoms with van der Waals surface area (Å²) in [6, 6.07) is 20.9. The van der Waals surface area contributed by atoms with Gasteiger partial charge in [0.1, 0.15) is 5.82 Å². The average Bonchev–Trinajstić information content (AvgIpc) is 3.36. The molecule has 0 bridgehead atoms. The van der Waals surface area contributed by atoms with Crippen LogP contribution in [0.2, 0.25) is 0 Å². The van der Waals surface area contributed by atoms with Crippen LogP contribution in [0, 0.1) is 10.1 Å². The first kappa shape index (κ1) is 26.7. The zero-order chi connectivity index (χ0) is 27.9. The van der Waals surface area contributed by atoms with Crippen LogP contribution in [0.5, 0.6) is 0 Å². The van der Waals surface area contributed by atoms with Crippen LogP contribution in [0.1, 0.15) is 25.0 Å². The number of rotatable bonds is 9. The maximum Gasteiger partial charge on any atom is 0.331 e. The number of carboxylic acid groups (broad SMARTS) is 1. The Morgan fingerprint density at radius 1 is 0.923 bits per heavy atom. The van der Waals surface area contributed by atoms with E-state index in [0.717, 1.165) is 22.8 Å². The summed E-state index contributed by atoms with van der Waals surface area (Å²) in [5.41, 5.74) is 4.48. The van der Waals surface area contributed by atoms with E-state index in [2.05, 4.69) is 4.98 Å². The number of carbonyl (C=O) groups excluding carboxylic acids is 1. The number of ether oxygens (including phenoxy) is 1. The van der Waals surface area contributed by atoms with Crippen LogP contribution in [0.3, 0.4) is 0 Å². The molecule has 0 fully saturated rings. The van der Waals surface area contributed by atoms with Crippen molar-refractivity contribution < 1.29 is 24.4 Å². The number of H-pyrrole nitrogens is 1. The summed E-state index contributed by atoms with van der Waals surface area (Å²) in [6.07, 6.45) is 5.36. The van der Waals surface area contributed by atoms with Crippen molar-refractivity contribution in [2.75, 3.05) is 0 Å². The third-order valence-corrected chi connectivity index (χ3v) is 5.63. The number of nitro benzene ring substituents is 1. The Bertz CT molecular complexity index is 1570. The molecule has 9 nitrogen and oxygen atoms in total. The molecule has 4 rings (SSSR count). The van der Waals surface area contributed by atoms with Crippen LogP contribution < -0.4 is 0 Å². The Hall–Kier alpha value is -5.31. The average molecular weight is 524 g/mol. The van der Waals surface area contributed by atoms with E-state index in [1.165, 1.54) is 18.2 Å². The molecule has 2 N–H and O–H groups in total. The summed E-state index contributed by atoms with van der Waals surface area (Å²) in [5.74, 6) is -1.14. The third-order valence-electron chi connectivity index (χ3n) is 5.63. The van der Waals surface area contributed by atoms with E-state index in [4.69, 9.17) is 14.8 Å². The molecule has 0 atom stereocenters. The van der Waals surface area contributed by atoms with Crippen LogP contribution in [-0.4, -0.2) is 38.0 Å². The largest absolute Gasteiger partial charge is 0.478 e. The van der Waals surface area contributed by atoms with Gasteiger partial charge in [-0.2, -0.15) is 0 Å². The van der Waals surface area contributed by atoms with E-state index >= 15 is 0 Å².